The average Bonchev–Trinajstić information content (AvgIpc) is 2.88. The molecule has 0 radical (unpaired) electrons. The molecule has 1 aromatic heterocycles. The summed E-state index contributed by atoms with van der Waals surface area (Å²) in [4.78, 5) is 7.42. The lowest BCUT2D eigenvalue weighted by atomic mass is 9.94. The van der Waals surface area contributed by atoms with Crippen molar-refractivity contribution < 1.29 is 0 Å². The van der Waals surface area contributed by atoms with Gasteiger partial charge in [0.2, 0.25) is 0 Å². The van der Waals surface area contributed by atoms with E-state index in [1.165, 1.54) is 73.1 Å². The molecule has 0 N–H and O–H groups in total. The highest BCUT2D eigenvalue weighted by molar-refractivity contribution is 5.86. The molecule has 1 fully saturated rings. The fourth-order valence-corrected chi connectivity index (χ4v) is 4.48. The average molecular weight is 297 g/mol. The maximum Gasteiger partial charge on any atom is 0.106 e. The molecule has 118 valence electrons. The van der Waals surface area contributed by atoms with E-state index in [0.29, 0.717) is 12.1 Å². The van der Waals surface area contributed by atoms with Crippen molar-refractivity contribution in [1.29, 1.82) is 0 Å². The molecular weight excluding hydrogens is 270 g/mol. The van der Waals surface area contributed by atoms with E-state index in [4.69, 9.17) is 4.98 Å². The van der Waals surface area contributed by atoms with E-state index in [9.17, 15) is 0 Å². The highest BCUT2D eigenvalue weighted by Gasteiger charge is 2.26. The first-order valence-corrected chi connectivity index (χ1v) is 8.90. The lowest BCUT2D eigenvalue weighted by Gasteiger charge is -2.34. The first kappa shape index (κ1) is 14.1. The molecule has 1 saturated carbocycles. The third kappa shape index (κ3) is 2.05. The van der Waals surface area contributed by atoms with Crippen molar-refractivity contribution in [3.8, 4) is 0 Å². The summed E-state index contributed by atoms with van der Waals surface area (Å²) in [5.41, 5.74) is 5.49. The van der Waals surface area contributed by atoms with E-state index in [-0.39, 0.29) is 0 Å². The second-order valence-electron chi connectivity index (χ2n) is 7.25. The van der Waals surface area contributed by atoms with E-state index in [1.54, 1.807) is 0 Å². The van der Waals surface area contributed by atoms with Gasteiger partial charge in [0.1, 0.15) is 5.82 Å². The number of imidazole rings is 1. The van der Waals surface area contributed by atoms with Gasteiger partial charge in [-0.3, -0.25) is 0 Å². The molecular formula is C19H27N3. The molecule has 1 aliphatic heterocycles. The molecule has 4 rings (SSSR count). The number of hydrogen-bond acceptors (Lipinski definition) is 2. The van der Waals surface area contributed by atoms with Crippen LogP contribution in [-0.2, 0) is 6.42 Å². The molecule has 3 nitrogen and oxygen atoms in total. The number of fused-ring (bicyclic) bond motifs is 3. The first-order valence-electron chi connectivity index (χ1n) is 8.90. The van der Waals surface area contributed by atoms with E-state index < -0.39 is 0 Å². The number of anilines is 1. The van der Waals surface area contributed by atoms with Crippen LogP contribution in [0.25, 0.3) is 11.0 Å². The summed E-state index contributed by atoms with van der Waals surface area (Å²) in [7, 11) is 2.22. The topological polar surface area (TPSA) is 21.1 Å². The number of benzene rings is 1. The predicted octanol–water partition coefficient (Wildman–Crippen LogP) is 4.62. The van der Waals surface area contributed by atoms with Gasteiger partial charge in [-0.15, -0.1) is 0 Å². The Kier molecular flexibility index (Phi) is 3.39. The van der Waals surface area contributed by atoms with Crippen molar-refractivity contribution in [2.45, 2.75) is 70.9 Å². The van der Waals surface area contributed by atoms with Gasteiger partial charge in [0.15, 0.2) is 0 Å². The normalized spacial score (nSPS) is 23.0. The molecule has 0 saturated heterocycles. The van der Waals surface area contributed by atoms with E-state index in [2.05, 4.69) is 42.5 Å². The minimum absolute atomic E-state index is 0.631. The summed E-state index contributed by atoms with van der Waals surface area (Å²) in [5, 5.41) is 0. The molecule has 1 aromatic carbocycles. The first-order chi connectivity index (χ1) is 10.7. The SMILES string of the molecule is Cc1nc2c3c(ccc2n1C1CCCCC1)N(C)C(C)CC3. The van der Waals surface area contributed by atoms with Gasteiger partial charge in [-0.2, -0.15) is 0 Å². The molecule has 0 spiro atoms. The second kappa shape index (κ2) is 5.29. The molecule has 0 amide bonds. The van der Waals surface area contributed by atoms with Crippen molar-refractivity contribution in [2.75, 3.05) is 11.9 Å². The summed E-state index contributed by atoms with van der Waals surface area (Å²) in [6.45, 7) is 4.51. The molecule has 0 bridgehead atoms. The molecule has 1 atom stereocenters. The summed E-state index contributed by atoms with van der Waals surface area (Å²) in [6.07, 6.45) is 9.18. The smallest absolute Gasteiger partial charge is 0.106 e. The summed E-state index contributed by atoms with van der Waals surface area (Å²) >= 11 is 0. The Balaban J connectivity index is 1.86. The largest absolute Gasteiger partial charge is 0.372 e. The van der Waals surface area contributed by atoms with Crippen LogP contribution in [0.5, 0.6) is 0 Å². The summed E-state index contributed by atoms with van der Waals surface area (Å²) < 4.78 is 2.53. The number of aromatic nitrogens is 2. The van der Waals surface area contributed by atoms with Gasteiger partial charge < -0.3 is 9.47 Å². The summed E-state index contributed by atoms with van der Waals surface area (Å²) in [6, 6.07) is 5.94. The van der Waals surface area contributed by atoms with Crippen molar-refractivity contribution in [3.63, 3.8) is 0 Å². The van der Waals surface area contributed by atoms with Crippen LogP contribution in [-0.4, -0.2) is 22.6 Å². The number of hydrogen-bond donors (Lipinski definition) is 0. The molecule has 22 heavy (non-hydrogen) atoms. The van der Waals surface area contributed by atoms with Gasteiger partial charge in [0, 0.05) is 30.4 Å². The van der Waals surface area contributed by atoms with Crippen LogP contribution < -0.4 is 4.90 Å². The maximum absolute atomic E-state index is 5.00. The minimum Gasteiger partial charge on any atom is -0.372 e. The number of aryl methyl sites for hydroxylation is 2. The molecule has 1 aliphatic carbocycles. The zero-order valence-electron chi connectivity index (χ0n) is 14.1. The second-order valence-corrected chi connectivity index (χ2v) is 7.25. The lowest BCUT2D eigenvalue weighted by Crippen LogP contribution is -2.33. The van der Waals surface area contributed by atoms with Crippen molar-refractivity contribution >= 4 is 16.7 Å². The maximum atomic E-state index is 5.00. The van der Waals surface area contributed by atoms with Gasteiger partial charge in [0.05, 0.1) is 11.0 Å². The minimum atomic E-state index is 0.631. The fourth-order valence-electron chi connectivity index (χ4n) is 4.48. The Labute approximate surface area is 133 Å². The van der Waals surface area contributed by atoms with Crippen LogP contribution >= 0.6 is 0 Å². The van der Waals surface area contributed by atoms with Gasteiger partial charge in [0.25, 0.3) is 0 Å². The van der Waals surface area contributed by atoms with E-state index in [1.807, 2.05) is 0 Å². The quantitative estimate of drug-likeness (QED) is 0.765. The van der Waals surface area contributed by atoms with Crippen LogP contribution in [0.15, 0.2) is 12.1 Å². The zero-order valence-corrected chi connectivity index (χ0v) is 14.1. The molecule has 2 aromatic rings. The Bertz CT molecular complexity index is 694. The van der Waals surface area contributed by atoms with Crippen LogP contribution in [0.2, 0.25) is 0 Å². The van der Waals surface area contributed by atoms with Crippen molar-refractivity contribution in [3.05, 3.63) is 23.5 Å². The van der Waals surface area contributed by atoms with Crippen molar-refractivity contribution in [1.82, 2.24) is 9.55 Å². The van der Waals surface area contributed by atoms with E-state index >= 15 is 0 Å². The Morgan fingerprint density at radius 2 is 1.86 bits per heavy atom. The van der Waals surface area contributed by atoms with Gasteiger partial charge >= 0.3 is 0 Å². The Hall–Kier alpha value is -1.51. The molecule has 1 unspecified atom stereocenters. The summed E-state index contributed by atoms with van der Waals surface area (Å²) in [5.74, 6) is 1.21. The Morgan fingerprint density at radius 1 is 1.09 bits per heavy atom. The number of nitrogens with zero attached hydrogens (tertiary/aromatic N) is 3. The Morgan fingerprint density at radius 3 is 2.64 bits per heavy atom. The molecule has 2 aliphatic rings. The zero-order chi connectivity index (χ0) is 15.3. The molecule has 2 heterocycles. The predicted molar refractivity (Wildman–Crippen MR) is 92.8 cm³/mol. The molecule has 3 heteroatoms. The highest BCUT2D eigenvalue weighted by atomic mass is 15.1. The highest BCUT2D eigenvalue weighted by Crippen LogP contribution is 2.38. The monoisotopic (exact) mass is 297 g/mol. The lowest BCUT2D eigenvalue weighted by molar-refractivity contribution is 0.355. The van der Waals surface area contributed by atoms with Gasteiger partial charge in [-0.05, 0) is 51.7 Å². The van der Waals surface area contributed by atoms with Gasteiger partial charge in [-0.25, -0.2) is 4.98 Å². The third-order valence-corrected chi connectivity index (χ3v) is 5.91. The van der Waals surface area contributed by atoms with Crippen molar-refractivity contribution in [2.24, 2.45) is 0 Å². The number of rotatable bonds is 1. The standard InChI is InChI=1S/C19H27N3/c1-13-9-10-16-17(21(13)3)11-12-18-19(16)20-14(2)22(18)15-7-5-4-6-8-15/h11-13,15H,4-10H2,1-3H3. The fraction of sp³-hybridized carbons (Fsp3) is 0.632. The van der Waals surface area contributed by atoms with Crippen LogP contribution in [0.4, 0.5) is 5.69 Å². The van der Waals surface area contributed by atoms with Crippen LogP contribution in [0.3, 0.4) is 0 Å². The third-order valence-electron chi connectivity index (χ3n) is 5.91. The van der Waals surface area contributed by atoms with Crippen LogP contribution in [0, 0.1) is 6.92 Å². The van der Waals surface area contributed by atoms with Gasteiger partial charge in [-0.1, -0.05) is 19.3 Å². The van der Waals surface area contributed by atoms with E-state index in [0.717, 1.165) is 0 Å². The van der Waals surface area contributed by atoms with Crippen LogP contribution in [0.1, 0.15) is 62.9 Å².